The molecular formula is C21H24N2O4S2. The van der Waals surface area contributed by atoms with E-state index in [0.717, 1.165) is 5.69 Å². The molecule has 0 bridgehead atoms. The molecule has 1 aromatic carbocycles. The Kier molecular flexibility index (Phi) is 6.56. The van der Waals surface area contributed by atoms with Crippen molar-refractivity contribution in [1.29, 1.82) is 0 Å². The Labute approximate surface area is 175 Å². The number of benzene rings is 1. The van der Waals surface area contributed by atoms with E-state index >= 15 is 0 Å². The molecule has 0 radical (unpaired) electrons. The minimum absolute atomic E-state index is 0.142. The molecule has 0 saturated carbocycles. The van der Waals surface area contributed by atoms with E-state index < -0.39 is 9.84 Å². The number of aromatic nitrogens is 1. The van der Waals surface area contributed by atoms with Gasteiger partial charge in [-0.2, -0.15) is 0 Å². The van der Waals surface area contributed by atoms with Crippen molar-refractivity contribution in [3.8, 4) is 0 Å². The number of nitrogens with zero attached hydrogens (tertiary/aromatic N) is 1. The van der Waals surface area contributed by atoms with Crippen molar-refractivity contribution >= 4 is 32.9 Å². The van der Waals surface area contributed by atoms with Crippen LogP contribution in [0.2, 0.25) is 0 Å². The van der Waals surface area contributed by atoms with Gasteiger partial charge in [0.1, 0.15) is 10.7 Å². The number of anilines is 1. The lowest BCUT2D eigenvalue weighted by molar-refractivity contribution is 0.102. The van der Waals surface area contributed by atoms with Gasteiger partial charge < -0.3 is 14.6 Å². The molecular weight excluding hydrogens is 408 g/mol. The predicted molar refractivity (Wildman–Crippen MR) is 115 cm³/mol. The van der Waals surface area contributed by atoms with E-state index in [1.165, 1.54) is 11.3 Å². The number of thiophene rings is 1. The van der Waals surface area contributed by atoms with E-state index in [9.17, 15) is 13.2 Å². The van der Waals surface area contributed by atoms with Crippen molar-refractivity contribution in [2.75, 3.05) is 19.0 Å². The molecule has 0 aliphatic rings. The van der Waals surface area contributed by atoms with Gasteiger partial charge in [-0.05, 0) is 49.4 Å². The number of sulfone groups is 1. The second-order valence-electron chi connectivity index (χ2n) is 6.63. The second kappa shape index (κ2) is 8.94. The third kappa shape index (κ3) is 4.29. The van der Waals surface area contributed by atoms with E-state index in [0.29, 0.717) is 35.8 Å². The Morgan fingerprint density at radius 1 is 1.14 bits per heavy atom. The van der Waals surface area contributed by atoms with E-state index in [-0.39, 0.29) is 15.7 Å². The molecule has 0 atom stereocenters. The van der Waals surface area contributed by atoms with Crippen LogP contribution in [0, 0.1) is 13.8 Å². The molecule has 1 amide bonds. The first-order chi connectivity index (χ1) is 13.9. The smallest absolute Gasteiger partial charge is 0.266 e. The summed E-state index contributed by atoms with van der Waals surface area (Å²) in [7, 11) is -2.19. The van der Waals surface area contributed by atoms with Gasteiger partial charge in [-0.15, -0.1) is 11.3 Å². The zero-order chi connectivity index (χ0) is 21.0. The molecule has 1 N–H and O–H groups in total. The fourth-order valence-corrected chi connectivity index (χ4v) is 5.57. The van der Waals surface area contributed by atoms with E-state index in [2.05, 4.69) is 5.32 Å². The highest BCUT2D eigenvalue weighted by molar-refractivity contribution is 7.91. The van der Waals surface area contributed by atoms with Gasteiger partial charge in [0, 0.05) is 26.0 Å². The lowest BCUT2D eigenvalue weighted by Crippen LogP contribution is -2.17. The lowest BCUT2D eigenvalue weighted by Gasteiger charge is -2.14. The average molecular weight is 433 g/mol. The number of carbonyl (C=O) groups is 1. The topological polar surface area (TPSA) is 77.4 Å². The molecule has 0 spiro atoms. The number of hydrogen-bond acceptors (Lipinski definition) is 5. The van der Waals surface area contributed by atoms with Gasteiger partial charge in [0.15, 0.2) is 0 Å². The molecule has 0 fully saturated rings. The quantitative estimate of drug-likeness (QED) is 0.539. The molecule has 3 rings (SSSR count). The summed E-state index contributed by atoms with van der Waals surface area (Å²) in [6, 6.07) is 11.8. The van der Waals surface area contributed by atoms with E-state index in [1.54, 1.807) is 56.5 Å². The van der Waals surface area contributed by atoms with Crippen molar-refractivity contribution in [2.45, 2.75) is 36.6 Å². The Hall–Kier alpha value is -2.42. The van der Waals surface area contributed by atoms with E-state index in [1.807, 2.05) is 16.9 Å². The monoisotopic (exact) mass is 432 g/mol. The van der Waals surface area contributed by atoms with Gasteiger partial charge >= 0.3 is 0 Å². The third-order valence-corrected chi connectivity index (χ3v) is 7.60. The first kappa shape index (κ1) is 21.3. The summed E-state index contributed by atoms with van der Waals surface area (Å²) in [5.74, 6) is -0.0200. The second-order valence-corrected chi connectivity index (χ2v) is 9.47. The predicted octanol–water partition coefficient (Wildman–Crippen LogP) is 4.29. The molecule has 3 aromatic rings. The molecule has 2 heterocycles. The highest BCUT2D eigenvalue weighted by Crippen LogP contribution is 2.35. The van der Waals surface area contributed by atoms with Gasteiger partial charge in [0.25, 0.3) is 5.91 Å². The summed E-state index contributed by atoms with van der Waals surface area (Å²) in [6.45, 7) is 4.71. The van der Waals surface area contributed by atoms with Crippen molar-refractivity contribution < 1.29 is 17.9 Å². The number of rotatable bonds is 8. The first-order valence-corrected chi connectivity index (χ1v) is 11.6. The van der Waals surface area contributed by atoms with Gasteiger partial charge in [-0.25, -0.2) is 8.42 Å². The molecule has 0 unspecified atom stereocenters. The molecule has 0 saturated heterocycles. The zero-order valence-corrected chi connectivity index (χ0v) is 18.3. The Balaban J connectivity index is 2.14. The number of methoxy groups -OCH3 is 1. The summed E-state index contributed by atoms with van der Waals surface area (Å²) >= 11 is 1.31. The number of ether oxygens (including phenoxy) is 1. The molecule has 29 heavy (non-hydrogen) atoms. The fraction of sp³-hybridized carbons (Fsp3) is 0.286. The maximum atomic E-state index is 13.5. The van der Waals surface area contributed by atoms with Gasteiger partial charge in [-0.1, -0.05) is 24.3 Å². The molecule has 6 nitrogen and oxygen atoms in total. The van der Waals surface area contributed by atoms with E-state index in [4.69, 9.17) is 4.74 Å². The first-order valence-electron chi connectivity index (χ1n) is 9.21. The minimum atomic E-state index is -3.81. The summed E-state index contributed by atoms with van der Waals surface area (Å²) in [5, 5.41) is 4.67. The Morgan fingerprint density at radius 2 is 1.86 bits per heavy atom. The van der Waals surface area contributed by atoms with Crippen LogP contribution >= 0.6 is 11.3 Å². The minimum Gasteiger partial charge on any atom is -0.385 e. The summed E-state index contributed by atoms with van der Waals surface area (Å²) in [6.07, 6.45) is 0.693. The van der Waals surface area contributed by atoms with Gasteiger partial charge in [0.05, 0.1) is 9.77 Å². The van der Waals surface area contributed by atoms with Crippen molar-refractivity contribution in [3.05, 3.63) is 64.0 Å². The molecule has 154 valence electrons. The van der Waals surface area contributed by atoms with Crippen LogP contribution < -0.4 is 5.32 Å². The van der Waals surface area contributed by atoms with Crippen molar-refractivity contribution in [3.63, 3.8) is 0 Å². The standard InChI is InChI=1S/C21H24N2O4S2/c1-15-16(2)23(12-8-13-27-3)20(22-21(24)18-11-7-14-28-18)19(15)29(25,26)17-9-5-4-6-10-17/h4-7,9-11,14H,8,12-13H2,1-3H3,(H,22,24). The van der Waals surface area contributed by atoms with Crippen LogP contribution in [0.15, 0.2) is 57.6 Å². The largest absolute Gasteiger partial charge is 0.385 e. The summed E-state index contributed by atoms with van der Waals surface area (Å²) < 4.78 is 33.9. The number of hydrogen-bond donors (Lipinski definition) is 1. The Bertz CT molecular complexity index is 1090. The highest BCUT2D eigenvalue weighted by atomic mass is 32.2. The van der Waals surface area contributed by atoms with Crippen molar-refractivity contribution in [1.82, 2.24) is 4.57 Å². The summed E-state index contributed by atoms with van der Waals surface area (Å²) in [4.78, 5) is 13.6. The number of nitrogens with one attached hydrogen (secondary N) is 1. The molecule has 0 aliphatic carbocycles. The SMILES string of the molecule is COCCCn1c(C)c(C)c(S(=O)(=O)c2ccccc2)c1NC(=O)c1cccs1. The van der Waals surface area contributed by atoms with Crippen LogP contribution in [0.3, 0.4) is 0 Å². The van der Waals surface area contributed by atoms with Crippen LogP contribution in [-0.2, 0) is 21.1 Å². The molecule has 0 aliphatic heterocycles. The van der Waals surface area contributed by atoms with Crippen LogP contribution in [-0.4, -0.2) is 32.6 Å². The third-order valence-electron chi connectivity index (χ3n) is 4.80. The van der Waals surface area contributed by atoms with Crippen LogP contribution in [0.4, 0.5) is 5.82 Å². The van der Waals surface area contributed by atoms with Crippen LogP contribution in [0.25, 0.3) is 0 Å². The fourth-order valence-electron chi connectivity index (χ4n) is 3.23. The lowest BCUT2D eigenvalue weighted by atomic mass is 10.3. The van der Waals surface area contributed by atoms with Crippen LogP contribution in [0.1, 0.15) is 27.3 Å². The maximum Gasteiger partial charge on any atom is 0.266 e. The van der Waals surface area contributed by atoms with Gasteiger partial charge in [0.2, 0.25) is 9.84 Å². The average Bonchev–Trinajstić information content (AvgIpc) is 3.32. The van der Waals surface area contributed by atoms with Gasteiger partial charge in [-0.3, -0.25) is 4.79 Å². The highest BCUT2D eigenvalue weighted by Gasteiger charge is 2.30. The normalized spacial score (nSPS) is 11.6. The summed E-state index contributed by atoms with van der Waals surface area (Å²) in [5.41, 5.74) is 1.44. The number of amides is 1. The van der Waals surface area contributed by atoms with Crippen LogP contribution in [0.5, 0.6) is 0 Å². The maximum absolute atomic E-state index is 13.5. The zero-order valence-electron chi connectivity index (χ0n) is 16.6. The number of carbonyl (C=O) groups excluding carboxylic acids is 1. The van der Waals surface area contributed by atoms with Crippen molar-refractivity contribution in [2.24, 2.45) is 0 Å². The molecule has 8 heteroatoms. The molecule has 2 aromatic heterocycles. The Morgan fingerprint density at radius 3 is 2.48 bits per heavy atom.